The van der Waals surface area contributed by atoms with Gasteiger partial charge >= 0.3 is 277 Å². The number of nitrogens with one attached hydrogen (secondary N) is 1. The number of hydrogen-bond acceptors (Lipinski definition) is 5. The first-order valence-corrected chi connectivity index (χ1v) is 17.9. The van der Waals surface area contributed by atoms with Crippen LogP contribution in [0, 0.1) is 0 Å². The van der Waals surface area contributed by atoms with Crippen molar-refractivity contribution < 1.29 is 9.53 Å². The third kappa shape index (κ3) is 6.44. The van der Waals surface area contributed by atoms with E-state index in [2.05, 4.69) is 94.8 Å². The van der Waals surface area contributed by atoms with Gasteiger partial charge in [0, 0.05) is 0 Å². The van der Waals surface area contributed by atoms with Gasteiger partial charge in [0.1, 0.15) is 0 Å². The molecule has 0 saturated carbocycles. The minimum atomic E-state index is -0.347. The molecule has 0 aliphatic heterocycles. The molecule has 1 aliphatic rings. The summed E-state index contributed by atoms with van der Waals surface area (Å²) in [5.41, 5.74) is 8.70. The Bertz CT molecular complexity index is 1960. The zero-order chi connectivity index (χ0) is 31.3. The molecular weight excluding hydrogens is 635 g/mol. The summed E-state index contributed by atoms with van der Waals surface area (Å²) in [6, 6.07) is 33.6. The van der Waals surface area contributed by atoms with Gasteiger partial charge in [-0.15, -0.1) is 0 Å². The van der Waals surface area contributed by atoms with Gasteiger partial charge in [-0.05, 0) is 0 Å². The second kappa shape index (κ2) is 13.9. The molecule has 0 atom stereocenters. The molecule has 0 fully saturated rings. The van der Waals surface area contributed by atoms with Gasteiger partial charge in [0.25, 0.3) is 0 Å². The van der Waals surface area contributed by atoms with Crippen molar-refractivity contribution in [1.29, 1.82) is 0 Å². The quantitative estimate of drug-likeness (QED) is 0.0848. The number of aryl methyl sites for hydroxylation is 1. The van der Waals surface area contributed by atoms with E-state index in [0.29, 0.717) is 11.5 Å². The molecule has 0 saturated heterocycles. The van der Waals surface area contributed by atoms with Crippen LogP contribution in [0.15, 0.2) is 109 Å². The molecule has 2 heterocycles. The van der Waals surface area contributed by atoms with Crippen LogP contribution in [0.4, 0.5) is 4.69 Å². The summed E-state index contributed by atoms with van der Waals surface area (Å²) in [6.07, 6.45) is 9.31. The fourth-order valence-electron chi connectivity index (χ4n) is 6.61. The number of fused-ring (bicyclic) bond motifs is 2. The topological polar surface area (TPSA) is 69.0 Å². The van der Waals surface area contributed by atoms with Crippen LogP contribution in [0.3, 0.4) is 0 Å². The Morgan fingerprint density at radius 3 is 2.41 bits per heavy atom. The molecule has 2 aromatic heterocycles. The van der Waals surface area contributed by atoms with Crippen LogP contribution in [0.1, 0.15) is 65.9 Å². The standard InChI is InChI=1S/C39H38N4O2Se/c1-45-38(44)30-20-21-35-34(26-30)41-37(43(35)25-23-27-12-5-2-6-13-27)32-18-11-19-33-36(32)46-39(42-33)40-24-22-31(28-14-7-3-8-15-28)29-16-9-4-10-17-29/h3-4,7-12,14-21,26,31H,2,5-6,13,22-25H2,1H3,(H,40,42). The normalized spacial score (nSPS) is 13.3. The van der Waals surface area contributed by atoms with Gasteiger partial charge in [-0.1, -0.05) is 0 Å². The maximum atomic E-state index is 12.3. The van der Waals surface area contributed by atoms with Crippen molar-refractivity contribution in [3.8, 4) is 11.4 Å². The van der Waals surface area contributed by atoms with Crippen molar-refractivity contribution in [2.75, 3.05) is 19.0 Å². The number of hydrogen-bond donors (Lipinski definition) is 1. The van der Waals surface area contributed by atoms with Crippen molar-refractivity contribution in [3.63, 3.8) is 0 Å². The van der Waals surface area contributed by atoms with Gasteiger partial charge in [0.2, 0.25) is 0 Å². The van der Waals surface area contributed by atoms with Crippen molar-refractivity contribution in [3.05, 3.63) is 125 Å². The number of rotatable bonds is 11. The van der Waals surface area contributed by atoms with Crippen LogP contribution in [0.5, 0.6) is 0 Å². The van der Waals surface area contributed by atoms with Crippen LogP contribution in [0.25, 0.3) is 32.2 Å². The third-order valence-electron chi connectivity index (χ3n) is 8.98. The van der Waals surface area contributed by atoms with Crippen LogP contribution in [-0.4, -0.2) is 48.7 Å². The number of carbonyl (C=O) groups excluding carboxylic acids is 1. The molecule has 1 N–H and O–H groups in total. The Balaban J connectivity index is 1.19. The molecule has 4 aromatic carbocycles. The van der Waals surface area contributed by atoms with E-state index in [0.717, 1.165) is 58.6 Å². The molecule has 0 spiro atoms. The van der Waals surface area contributed by atoms with E-state index in [4.69, 9.17) is 14.7 Å². The van der Waals surface area contributed by atoms with Gasteiger partial charge in [0.15, 0.2) is 0 Å². The van der Waals surface area contributed by atoms with E-state index in [1.807, 2.05) is 18.2 Å². The predicted octanol–water partition coefficient (Wildman–Crippen LogP) is 8.62. The average Bonchev–Trinajstić information content (AvgIpc) is 3.70. The second-order valence-corrected chi connectivity index (χ2v) is 14.0. The van der Waals surface area contributed by atoms with Crippen LogP contribution < -0.4 is 5.32 Å². The van der Waals surface area contributed by atoms with E-state index in [9.17, 15) is 4.79 Å². The Labute approximate surface area is 275 Å². The van der Waals surface area contributed by atoms with Crippen molar-refractivity contribution in [2.24, 2.45) is 0 Å². The number of benzene rings is 4. The number of carbonyl (C=O) groups is 1. The van der Waals surface area contributed by atoms with Gasteiger partial charge in [-0.25, -0.2) is 0 Å². The first-order valence-electron chi connectivity index (χ1n) is 16.2. The first kappa shape index (κ1) is 30.2. The SMILES string of the molecule is COC(=O)c1ccc2c(c1)nc(-c1cccc3nc(NCCC(c4ccccc4)c4ccccc4)[se]c13)n2CCC1=CCCCC1. The van der Waals surface area contributed by atoms with Crippen molar-refractivity contribution in [2.45, 2.75) is 51.0 Å². The molecule has 6 nitrogen and oxygen atoms in total. The van der Waals surface area contributed by atoms with Crippen molar-refractivity contribution in [1.82, 2.24) is 14.5 Å². The molecule has 6 aromatic rings. The van der Waals surface area contributed by atoms with Gasteiger partial charge in [-0.3, -0.25) is 0 Å². The Hall–Kier alpha value is -4.45. The number of imidazole rings is 1. The zero-order valence-corrected chi connectivity index (χ0v) is 27.8. The van der Waals surface area contributed by atoms with Crippen LogP contribution in [-0.2, 0) is 11.3 Å². The monoisotopic (exact) mass is 674 g/mol. The summed E-state index contributed by atoms with van der Waals surface area (Å²) in [5, 5.41) is 3.70. The number of ether oxygens (including phenoxy) is 1. The number of nitrogens with zero attached hydrogens (tertiary/aromatic N) is 3. The van der Waals surface area contributed by atoms with E-state index < -0.39 is 0 Å². The van der Waals surface area contributed by atoms with Gasteiger partial charge < -0.3 is 0 Å². The number of anilines is 1. The molecule has 7 rings (SSSR count). The van der Waals surface area contributed by atoms with E-state index in [-0.39, 0.29) is 20.5 Å². The third-order valence-corrected chi connectivity index (χ3v) is 11.2. The number of methoxy groups -OCH3 is 1. The molecule has 0 bridgehead atoms. The second-order valence-electron chi connectivity index (χ2n) is 11.9. The summed E-state index contributed by atoms with van der Waals surface area (Å²) < 4.78 is 9.65. The van der Waals surface area contributed by atoms with Gasteiger partial charge in [-0.2, -0.15) is 0 Å². The zero-order valence-electron chi connectivity index (χ0n) is 26.1. The number of aromatic nitrogens is 3. The summed E-state index contributed by atoms with van der Waals surface area (Å²) in [6.45, 7) is 1.68. The van der Waals surface area contributed by atoms with E-state index in [1.54, 1.807) is 0 Å². The Morgan fingerprint density at radius 1 is 0.913 bits per heavy atom. The minimum absolute atomic E-state index is 0.0208. The van der Waals surface area contributed by atoms with Crippen molar-refractivity contribution >= 4 is 46.0 Å². The van der Waals surface area contributed by atoms with Gasteiger partial charge in [0.05, 0.1) is 0 Å². The summed E-state index contributed by atoms with van der Waals surface area (Å²) >= 11 is 0.0208. The number of esters is 1. The molecule has 0 unspecified atom stereocenters. The molecule has 46 heavy (non-hydrogen) atoms. The Kier molecular flexibility index (Phi) is 9.13. The van der Waals surface area contributed by atoms with Crippen LogP contribution >= 0.6 is 0 Å². The summed E-state index contributed by atoms with van der Waals surface area (Å²) in [7, 11) is 1.42. The first-order chi connectivity index (χ1) is 22.7. The summed E-state index contributed by atoms with van der Waals surface area (Å²) in [4.78, 5) is 22.6. The molecule has 232 valence electrons. The fraction of sp³-hybridized carbons (Fsp3) is 0.256. The molecular formula is C39H38N4O2Se. The Morgan fingerprint density at radius 2 is 1.70 bits per heavy atom. The van der Waals surface area contributed by atoms with Crippen LogP contribution in [0.2, 0.25) is 0 Å². The molecule has 1 aliphatic carbocycles. The maximum absolute atomic E-state index is 12.3. The summed E-state index contributed by atoms with van der Waals surface area (Å²) in [5.74, 6) is 0.911. The average molecular weight is 674 g/mol. The number of allylic oxidation sites excluding steroid dienone is 2. The van der Waals surface area contributed by atoms with E-state index >= 15 is 0 Å². The molecule has 0 amide bonds. The fourth-order valence-corrected chi connectivity index (χ4v) is 8.71. The molecule has 0 radical (unpaired) electrons. The molecule has 7 heteroatoms. The predicted molar refractivity (Wildman–Crippen MR) is 188 cm³/mol. The van der Waals surface area contributed by atoms with E-state index in [1.165, 1.54) is 53.8 Å².